The minimum absolute atomic E-state index is 0.0374. The van der Waals surface area contributed by atoms with Gasteiger partial charge in [0.1, 0.15) is 12.8 Å². The molecule has 0 aromatic heterocycles. The molecule has 30 heavy (non-hydrogen) atoms. The number of hydrogen-bond acceptors (Lipinski definition) is 4. The van der Waals surface area contributed by atoms with Crippen molar-refractivity contribution in [2.75, 3.05) is 13.2 Å². The number of carbonyl (C=O) groups is 2. The molecule has 0 aromatic carbocycles. The SMILES string of the molecule is CC(C)C1CCC(C(=O)NC23CC(NC(=O)COC4CCC(Cl)C(F)C4)(C2)C3)CN1. The van der Waals surface area contributed by atoms with E-state index in [1.807, 2.05) is 0 Å². The van der Waals surface area contributed by atoms with Crippen LogP contribution in [0.4, 0.5) is 4.39 Å². The van der Waals surface area contributed by atoms with Gasteiger partial charge in [-0.2, -0.15) is 0 Å². The van der Waals surface area contributed by atoms with E-state index in [-0.39, 0.29) is 47.9 Å². The average molecular weight is 444 g/mol. The summed E-state index contributed by atoms with van der Waals surface area (Å²) < 4.78 is 19.3. The molecule has 170 valence electrons. The summed E-state index contributed by atoms with van der Waals surface area (Å²) >= 11 is 5.89. The van der Waals surface area contributed by atoms with Crippen molar-refractivity contribution in [3.8, 4) is 0 Å². The van der Waals surface area contributed by atoms with Gasteiger partial charge in [0.2, 0.25) is 11.8 Å². The summed E-state index contributed by atoms with van der Waals surface area (Å²) in [7, 11) is 0. The second-order valence-electron chi connectivity index (χ2n) is 10.4. The summed E-state index contributed by atoms with van der Waals surface area (Å²) in [4.78, 5) is 24.9. The number of alkyl halides is 2. The molecule has 1 heterocycles. The van der Waals surface area contributed by atoms with Crippen LogP contribution in [0.5, 0.6) is 0 Å². The molecule has 2 amide bonds. The van der Waals surface area contributed by atoms with Crippen LogP contribution < -0.4 is 16.0 Å². The third-order valence-electron chi connectivity index (χ3n) is 7.55. The highest BCUT2D eigenvalue weighted by molar-refractivity contribution is 6.21. The first kappa shape index (κ1) is 22.3. The Morgan fingerprint density at radius 3 is 2.43 bits per heavy atom. The quantitative estimate of drug-likeness (QED) is 0.528. The van der Waals surface area contributed by atoms with Crippen molar-refractivity contribution >= 4 is 23.4 Å². The van der Waals surface area contributed by atoms with Crippen LogP contribution in [0.15, 0.2) is 0 Å². The Labute approximate surface area is 183 Å². The number of nitrogens with one attached hydrogen (secondary N) is 3. The van der Waals surface area contributed by atoms with Crippen LogP contribution >= 0.6 is 11.6 Å². The van der Waals surface area contributed by atoms with Gasteiger partial charge in [0.05, 0.1) is 17.4 Å². The summed E-state index contributed by atoms with van der Waals surface area (Å²) in [6.07, 6.45) is 4.56. The lowest BCUT2D eigenvalue weighted by Gasteiger charge is -2.70. The van der Waals surface area contributed by atoms with E-state index in [1.54, 1.807) is 0 Å². The summed E-state index contributed by atoms with van der Waals surface area (Å²) in [5.41, 5.74) is -0.335. The first-order valence-electron chi connectivity index (χ1n) is 11.5. The molecule has 0 spiro atoms. The van der Waals surface area contributed by atoms with E-state index >= 15 is 0 Å². The standard InChI is InChI=1S/C22H35ClFN3O3/c1-13(2)18-6-3-14(8-25-18)20(29)27-22-10-21(11-22,12-22)26-19(28)9-30-15-4-5-16(23)17(24)7-15/h13-18,25H,3-12H2,1-2H3,(H,26,28)(H,27,29). The van der Waals surface area contributed by atoms with Gasteiger partial charge in [-0.3, -0.25) is 9.59 Å². The zero-order valence-corrected chi connectivity index (χ0v) is 18.8. The molecule has 0 radical (unpaired) electrons. The summed E-state index contributed by atoms with van der Waals surface area (Å²) in [6.45, 7) is 5.12. The fourth-order valence-electron chi connectivity index (χ4n) is 5.81. The van der Waals surface area contributed by atoms with E-state index in [0.717, 1.165) is 38.6 Å². The summed E-state index contributed by atoms with van der Waals surface area (Å²) in [5, 5.41) is 9.38. The molecule has 5 fully saturated rings. The molecule has 0 aromatic rings. The highest BCUT2D eigenvalue weighted by atomic mass is 35.5. The third-order valence-corrected chi connectivity index (χ3v) is 8.04. The van der Waals surface area contributed by atoms with Crippen LogP contribution in [0.3, 0.4) is 0 Å². The van der Waals surface area contributed by atoms with Gasteiger partial charge in [-0.05, 0) is 50.9 Å². The summed E-state index contributed by atoms with van der Waals surface area (Å²) in [5.74, 6) is 0.612. The molecule has 2 bridgehead atoms. The van der Waals surface area contributed by atoms with Crippen molar-refractivity contribution < 1.29 is 18.7 Å². The van der Waals surface area contributed by atoms with Crippen LogP contribution in [0.1, 0.15) is 65.2 Å². The number of piperidine rings is 1. The third kappa shape index (κ3) is 4.63. The van der Waals surface area contributed by atoms with Crippen molar-refractivity contribution in [3.05, 3.63) is 0 Å². The van der Waals surface area contributed by atoms with Crippen molar-refractivity contribution in [1.29, 1.82) is 0 Å². The maximum atomic E-state index is 13.7. The minimum atomic E-state index is -1.06. The molecule has 8 heteroatoms. The van der Waals surface area contributed by atoms with E-state index in [4.69, 9.17) is 16.3 Å². The Kier molecular flexibility index (Phi) is 6.35. The number of rotatable bonds is 7. The molecule has 1 saturated heterocycles. The van der Waals surface area contributed by atoms with E-state index in [0.29, 0.717) is 24.8 Å². The first-order chi connectivity index (χ1) is 14.2. The average Bonchev–Trinajstić information content (AvgIpc) is 2.66. The highest BCUT2D eigenvalue weighted by Crippen LogP contribution is 2.60. The van der Waals surface area contributed by atoms with Crippen LogP contribution in [0.25, 0.3) is 0 Å². The molecule has 5 atom stereocenters. The molecular formula is C22H35ClFN3O3. The Morgan fingerprint density at radius 1 is 1.13 bits per heavy atom. The molecule has 1 aliphatic heterocycles. The molecule has 3 N–H and O–H groups in total. The molecule has 5 unspecified atom stereocenters. The Balaban J connectivity index is 1.14. The fourth-order valence-corrected chi connectivity index (χ4v) is 6.04. The van der Waals surface area contributed by atoms with Gasteiger partial charge >= 0.3 is 0 Å². The topological polar surface area (TPSA) is 79.5 Å². The van der Waals surface area contributed by atoms with Crippen molar-refractivity contribution in [2.45, 2.75) is 100.0 Å². The molecule has 5 aliphatic rings. The van der Waals surface area contributed by atoms with E-state index in [9.17, 15) is 14.0 Å². The fraction of sp³-hybridized carbons (Fsp3) is 0.909. The van der Waals surface area contributed by atoms with Gasteiger partial charge < -0.3 is 20.7 Å². The van der Waals surface area contributed by atoms with Crippen LogP contribution in [-0.4, -0.2) is 59.7 Å². The van der Waals surface area contributed by atoms with E-state index in [2.05, 4.69) is 29.8 Å². The van der Waals surface area contributed by atoms with Crippen molar-refractivity contribution in [2.24, 2.45) is 11.8 Å². The predicted octanol–water partition coefficient (Wildman–Crippen LogP) is 2.43. The largest absolute Gasteiger partial charge is 0.368 e. The zero-order chi connectivity index (χ0) is 21.5. The van der Waals surface area contributed by atoms with Gasteiger partial charge in [-0.25, -0.2) is 4.39 Å². The maximum Gasteiger partial charge on any atom is 0.246 e. The Morgan fingerprint density at radius 2 is 1.83 bits per heavy atom. The van der Waals surface area contributed by atoms with Gasteiger partial charge in [0.15, 0.2) is 0 Å². The van der Waals surface area contributed by atoms with Crippen LogP contribution in [0.2, 0.25) is 0 Å². The van der Waals surface area contributed by atoms with Crippen molar-refractivity contribution in [3.63, 3.8) is 0 Å². The van der Waals surface area contributed by atoms with Gasteiger partial charge in [0, 0.05) is 30.1 Å². The molecular weight excluding hydrogens is 409 g/mol. The lowest BCUT2D eigenvalue weighted by atomic mass is 9.44. The second-order valence-corrected chi connectivity index (χ2v) is 11.0. The van der Waals surface area contributed by atoms with E-state index < -0.39 is 11.5 Å². The lowest BCUT2D eigenvalue weighted by Crippen LogP contribution is -2.84. The van der Waals surface area contributed by atoms with Gasteiger partial charge in [-0.15, -0.1) is 11.6 Å². The minimum Gasteiger partial charge on any atom is -0.368 e. The smallest absolute Gasteiger partial charge is 0.246 e. The Bertz CT molecular complexity index is 648. The van der Waals surface area contributed by atoms with Crippen LogP contribution in [0, 0.1) is 11.8 Å². The molecule has 4 saturated carbocycles. The number of ether oxygens (including phenoxy) is 1. The predicted molar refractivity (Wildman–Crippen MR) is 113 cm³/mol. The monoisotopic (exact) mass is 443 g/mol. The lowest BCUT2D eigenvalue weighted by molar-refractivity contribution is -0.155. The first-order valence-corrected chi connectivity index (χ1v) is 11.9. The van der Waals surface area contributed by atoms with E-state index in [1.165, 1.54) is 0 Å². The Hall–Kier alpha value is -0.920. The summed E-state index contributed by atoms with van der Waals surface area (Å²) in [6, 6.07) is 0.505. The molecule has 6 nitrogen and oxygen atoms in total. The number of carbonyl (C=O) groups excluding carboxylic acids is 2. The number of halogens is 2. The molecule has 5 rings (SSSR count). The highest BCUT2D eigenvalue weighted by Gasteiger charge is 2.69. The second kappa shape index (κ2) is 8.55. The zero-order valence-electron chi connectivity index (χ0n) is 18.0. The number of amides is 2. The van der Waals surface area contributed by atoms with Crippen LogP contribution in [-0.2, 0) is 14.3 Å². The molecule has 4 aliphatic carbocycles. The van der Waals surface area contributed by atoms with Crippen molar-refractivity contribution in [1.82, 2.24) is 16.0 Å². The normalized spacial score (nSPS) is 42.8. The number of hydrogen-bond donors (Lipinski definition) is 3. The van der Waals surface area contributed by atoms with Gasteiger partial charge in [-0.1, -0.05) is 13.8 Å². The van der Waals surface area contributed by atoms with Gasteiger partial charge in [0.25, 0.3) is 0 Å². The maximum absolute atomic E-state index is 13.7.